The van der Waals surface area contributed by atoms with Crippen molar-refractivity contribution >= 4 is 46.0 Å². The van der Waals surface area contributed by atoms with Gasteiger partial charge in [-0.2, -0.15) is 0 Å². The highest BCUT2D eigenvalue weighted by Crippen LogP contribution is 2.31. The van der Waals surface area contributed by atoms with Crippen molar-refractivity contribution in [1.29, 1.82) is 0 Å². The van der Waals surface area contributed by atoms with E-state index in [2.05, 4.69) is 10.6 Å². The van der Waals surface area contributed by atoms with E-state index in [1.54, 1.807) is 24.3 Å². The summed E-state index contributed by atoms with van der Waals surface area (Å²) in [5.41, 5.74) is 1.87. The average molecular weight is 326 g/mol. The van der Waals surface area contributed by atoms with Crippen LogP contribution >= 0.6 is 23.2 Å². The third kappa shape index (κ3) is 4.00. The normalized spacial score (nSPS) is 10.2. The Morgan fingerprint density at radius 2 is 1.86 bits per heavy atom. The molecule has 0 amide bonds. The number of non-ortho nitro benzene ring substituents is 1. The molecule has 2 aromatic carbocycles. The first-order valence-electron chi connectivity index (χ1n) is 6.25. The monoisotopic (exact) mass is 325 g/mol. The molecule has 2 N–H and O–H groups in total. The van der Waals surface area contributed by atoms with Crippen molar-refractivity contribution in [2.24, 2.45) is 0 Å². The van der Waals surface area contributed by atoms with Crippen LogP contribution in [0.1, 0.15) is 6.92 Å². The smallest absolute Gasteiger partial charge is 0.273 e. The van der Waals surface area contributed by atoms with Gasteiger partial charge in [-0.3, -0.25) is 10.1 Å². The zero-order chi connectivity index (χ0) is 15.4. The Bertz CT molecular complexity index is 677. The van der Waals surface area contributed by atoms with Crippen molar-refractivity contribution in [3.8, 4) is 0 Å². The van der Waals surface area contributed by atoms with E-state index >= 15 is 0 Å². The maximum absolute atomic E-state index is 11.0. The van der Waals surface area contributed by atoms with Crippen molar-refractivity contribution in [2.75, 3.05) is 17.2 Å². The Morgan fingerprint density at radius 3 is 2.48 bits per heavy atom. The van der Waals surface area contributed by atoms with Crippen LogP contribution in [0, 0.1) is 10.1 Å². The first kappa shape index (κ1) is 15.4. The van der Waals surface area contributed by atoms with E-state index in [4.69, 9.17) is 23.2 Å². The molecule has 0 saturated carbocycles. The van der Waals surface area contributed by atoms with Crippen LogP contribution in [0.3, 0.4) is 0 Å². The summed E-state index contributed by atoms with van der Waals surface area (Å²) in [7, 11) is 0. The van der Waals surface area contributed by atoms with Gasteiger partial charge in [-0.15, -0.1) is 0 Å². The molecule has 0 bridgehead atoms. The van der Waals surface area contributed by atoms with Crippen LogP contribution in [0.2, 0.25) is 10.0 Å². The van der Waals surface area contributed by atoms with Gasteiger partial charge < -0.3 is 10.6 Å². The molecule has 21 heavy (non-hydrogen) atoms. The van der Waals surface area contributed by atoms with Crippen LogP contribution in [0.25, 0.3) is 0 Å². The number of rotatable bonds is 5. The number of anilines is 3. The zero-order valence-corrected chi connectivity index (χ0v) is 12.7. The summed E-state index contributed by atoms with van der Waals surface area (Å²) < 4.78 is 0. The van der Waals surface area contributed by atoms with E-state index in [0.29, 0.717) is 33.7 Å². The zero-order valence-electron chi connectivity index (χ0n) is 11.2. The van der Waals surface area contributed by atoms with Crippen LogP contribution in [-0.2, 0) is 0 Å². The molecule has 2 rings (SSSR count). The van der Waals surface area contributed by atoms with Crippen molar-refractivity contribution < 1.29 is 4.92 Å². The van der Waals surface area contributed by atoms with Crippen LogP contribution in [0.5, 0.6) is 0 Å². The number of nitrogens with one attached hydrogen (secondary N) is 2. The van der Waals surface area contributed by atoms with E-state index in [1.165, 1.54) is 12.1 Å². The summed E-state index contributed by atoms with van der Waals surface area (Å²) in [6, 6.07) is 9.73. The van der Waals surface area contributed by atoms with Gasteiger partial charge in [0.15, 0.2) is 0 Å². The Kier molecular flexibility index (Phi) is 4.88. The third-order valence-electron chi connectivity index (χ3n) is 2.72. The Morgan fingerprint density at radius 1 is 1.14 bits per heavy atom. The summed E-state index contributed by atoms with van der Waals surface area (Å²) >= 11 is 11.9. The number of hydrogen-bond acceptors (Lipinski definition) is 4. The average Bonchev–Trinajstić information content (AvgIpc) is 2.42. The molecule has 0 aliphatic rings. The van der Waals surface area contributed by atoms with Crippen molar-refractivity contribution in [3.05, 3.63) is 56.6 Å². The van der Waals surface area contributed by atoms with Gasteiger partial charge in [0.25, 0.3) is 5.69 Å². The molecular weight excluding hydrogens is 313 g/mol. The second-order valence-corrected chi connectivity index (χ2v) is 5.15. The summed E-state index contributed by atoms with van der Waals surface area (Å²) in [4.78, 5) is 10.5. The molecule has 2 aromatic rings. The highest BCUT2D eigenvalue weighted by molar-refractivity contribution is 6.36. The number of nitro groups is 1. The molecule has 7 heteroatoms. The second-order valence-electron chi connectivity index (χ2n) is 4.31. The van der Waals surface area contributed by atoms with Crippen LogP contribution in [0.15, 0.2) is 36.4 Å². The molecule has 0 heterocycles. The fourth-order valence-corrected chi connectivity index (χ4v) is 2.30. The Balaban J connectivity index is 2.36. The fourth-order valence-electron chi connectivity index (χ4n) is 1.84. The van der Waals surface area contributed by atoms with Gasteiger partial charge in [-0.1, -0.05) is 23.2 Å². The molecule has 0 aliphatic heterocycles. The molecule has 0 unspecified atom stereocenters. The molecule has 110 valence electrons. The molecule has 0 aliphatic carbocycles. The first-order valence-corrected chi connectivity index (χ1v) is 7.00. The van der Waals surface area contributed by atoms with Gasteiger partial charge in [0, 0.05) is 35.1 Å². The lowest BCUT2D eigenvalue weighted by atomic mass is 10.2. The number of benzene rings is 2. The molecular formula is C14H13Cl2N3O2. The van der Waals surface area contributed by atoms with E-state index in [-0.39, 0.29) is 5.69 Å². The van der Waals surface area contributed by atoms with Crippen LogP contribution < -0.4 is 10.6 Å². The van der Waals surface area contributed by atoms with Crippen molar-refractivity contribution in [3.63, 3.8) is 0 Å². The molecule has 0 fully saturated rings. The molecule has 0 radical (unpaired) electrons. The topological polar surface area (TPSA) is 67.2 Å². The number of nitro benzene ring substituents is 1. The minimum atomic E-state index is -0.435. The van der Waals surface area contributed by atoms with E-state index in [1.807, 2.05) is 6.92 Å². The minimum Gasteiger partial charge on any atom is -0.385 e. The Labute approximate surface area is 132 Å². The highest BCUT2D eigenvalue weighted by atomic mass is 35.5. The third-order valence-corrected chi connectivity index (χ3v) is 3.27. The van der Waals surface area contributed by atoms with Crippen molar-refractivity contribution in [2.45, 2.75) is 6.92 Å². The summed E-state index contributed by atoms with van der Waals surface area (Å²) in [5, 5.41) is 18.1. The van der Waals surface area contributed by atoms with Gasteiger partial charge in [-0.25, -0.2) is 0 Å². The maximum atomic E-state index is 11.0. The molecule has 5 nitrogen and oxygen atoms in total. The van der Waals surface area contributed by atoms with Gasteiger partial charge in [-0.05, 0) is 31.2 Å². The van der Waals surface area contributed by atoms with E-state index < -0.39 is 4.92 Å². The van der Waals surface area contributed by atoms with Gasteiger partial charge in [0.2, 0.25) is 0 Å². The lowest BCUT2D eigenvalue weighted by molar-refractivity contribution is -0.384. The standard InChI is InChI=1S/C14H13Cl2N3O2/c1-2-17-10-6-11(8-12(7-10)19(20)21)18-14-4-3-9(15)5-13(14)16/h3-8,17-18H,2H2,1H3. The predicted molar refractivity (Wildman–Crippen MR) is 87.0 cm³/mol. The summed E-state index contributed by atoms with van der Waals surface area (Å²) in [5.74, 6) is 0. The molecule has 0 aromatic heterocycles. The first-order chi connectivity index (χ1) is 9.99. The quantitative estimate of drug-likeness (QED) is 0.594. The minimum absolute atomic E-state index is 0.000959. The number of halogens is 2. The van der Waals surface area contributed by atoms with Crippen molar-refractivity contribution in [1.82, 2.24) is 0 Å². The molecule has 0 saturated heterocycles. The summed E-state index contributed by atoms with van der Waals surface area (Å²) in [6.07, 6.45) is 0. The van der Waals surface area contributed by atoms with Crippen LogP contribution in [0.4, 0.5) is 22.7 Å². The lowest BCUT2D eigenvalue weighted by Crippen LogP contribution is -2.00. The number of hydrogen-bond donors (Lipinski definition) is 2. The lowest BCUT2D eigenvalue weighted by Gasteiger charge is -2.11. The SMILES string of the molecule is CCNc1cc(Nc2ccc(Cl)cc2Cl)cc([N+](=O)[O-])c1. The van der Waals surface area contributed by atoms with Crippen LogP contribution in [-0.4, -0.2) is 11.5 Å². The largest absolute Gasteiger partial charge is 0.385 e. The van der Waals surface area contributed by atoms with Gasteiger partial charge in [0.1, 0.15) is 0 Å². The Hall–Kier alpha value is -1.98. The molecule has 0 atom stereocenters. The highest BCUT2D eigenvalue weighted by Gasteiger charge is 2.11. The molecule has 0 spiro atoms. The van der Waals surface area contributed by atoms with E-state index in [0.717, 1.165) is 0 Å². The fraction of sp³-hybridized carbons (Fsp3) is 0.143. The summed E-state index contributed by atoms with van der Waals surface area (Å²) in [6.45, 7) is 2.59. The van der Waals surface area contributed by atoms with E-state index in [9.17, 15) is 10.1 Å². The van der Waals surface area contributed by atoms with Gasteiger partial charge in [0.05, 0.1) is 15.6 Å². The second kappa shape index (κ2) is 6.65. The van der Waals surface area contributed by atoms with Gasteiger partial charge >= 0.3 is 0 Å². The maximum Gasteiger partial charge on any atom is 0.273 e. The number of nitrogens with zero attached hydrogens (tertiary/aromatic N) is 1. The predicted octanol–water partition coefficient (Wildman–Crippen LogP) is 5.08.